The average Bonchev–Trinajstić information content (AvgIpc) is 2.92. The van der Waals surface area contributed by atoms with Gasteiger partial charge in [-0.2, -0.15) is 0 Å². The zero-order valence-electron chi connectivity index (χ0n) is 15.2. The van der Waals surface area contributed by atoms with Crippen LogP contribution in [0.25, 0.3) is 0 Å². The van der Waals surface area contributed by atoms with E-state index >= 15 is 0 Å². The lowest BCUT2D eigenvalue weighted by Gasteiger charge is -2.43. The van der Waals surface area contributed by atoms with Crippen molar-refractivity contribution in [2.24, 2.45) is 0 Å². The molecule has 2 aromatic rings. The molecule has 0 saturated carbocycles. The van der Waals surface area contributed by atoms with Crippen LogP contribution >= 0.6 is 11.6 Å². The standard InChI is InChI=1S/C21H22ClN3O2/c1-24-18-12-14(20(26)23-16-7-5-6-15(22)13-16)9-10-17(18)21(27)25-11-4-2-3-8-19(24)25/h5-7,9-10,12-13,19H,2-4,8,11H2,1H3,(H,23,26). The molecular weight excluding hydrogens is 362 g/mol. The summed E-state index contributed by atoms with van der Waals surface area (Å²) >= 11 is 5.98. The van der Waals surface area contributed by atoms with Crippen molar-refractivity contribution in [3.63, 3.8) is 0 Å². The van der Waals surface area contributed by atoms with E-state index in [-0.39, 0.29) is 18.0 Å². The Morgan fingerprint density at radius 2 is 2.00 bits per heavy atom. The summed E-state index contributed by atoms with van der Waals surface area (Å²) in [7, 11) is 2.01. The van der Waals surface area contributed by atoms with Gasteiger partial charge in [0.25, 0.3) is 11.8 Å². The Balaban J connectivity index is 1.63. The maximum absolute atomic E-state index is 12.9. The first-order valence-electron chi connectivity index (χ1n) is 9.29. The molecule has 2 aromatic carbocycles. The molecule has 0 aromatic heterocycles. The second kappa shape index (κ2) is 7.24. The molecule has 2 heterocycles. The minimum absolute atomic E-state index is 0.0665. The molecule has 1 N–H and O–H groups in total. The van der Waals surface area contributed by atoms with Gasteiger partial charge in [-0.3, -0.25) is 9.59 Å². The average molecular weight is 384 g/mol. The second-order valence-corrected chi connectivity index (χ2v) is 7.57. The van der Waals surface area contributed by atoms with Crippen LogP contribution in [0.3, 0.4) is 0 Å². The highest BCUT2D eigenvalue weighted by molar-refractivity contribution is 6.31. The molecule has 0 radical (unpaired) electrons. The molecule has 4 rings (SSSR count). The smallest absolute Gasteiger partial charge is 0.257 e. The number of nitrogens with zero attached hydrogens (tertiary/aromatic N) is 2. The van der Waals surface area contributed by atoms with Gasteiger partial charge in [0.2, 0.25) is 0 Å². The number of rotatable bonds is 2. The summed E-state index contributed by atoms with van der Waals surface area (Å²) in [4.78, 5) is 29.7. The lowest BCUT2D eigenvalue weighted by atomic mass is 10.0. The molecule has 0 spiro atoms. The van der Waals surface area contributed by atoms with E-state index in [4.69, 9.17) is 11.6 Å². The minimum atomic E-state index is -0.218. The fourth-order valence-corrected chi connectivity index (χ4v) is 4.15. The van der Waals surface area contributed by atoms with Crippen LogP contribution < -0.4 is 10.2 Å². The maximum atomic E-state index is 12.9. The van der Waals surface area contributed by atoms with E-state index in [1.807, 2.05) is 18.0 Å². The Morgan fingerprint density at radius 3 is 2.81 bits per heavy atom. The zero-order chi connectivity index (χ0) is 19.0. The molecule has 5 nitrogen and oxygen atoms in total. The molecule has 1 atom stereocenters. The number of anilines is 2. The van der Waals surface area contributed by atoms with Gasteiger partial charge in [0, 0.05) is 29.9 Å². The van der Waals surface area contributed by atoms with Crippen molar-refractivity contribution in [3.05, 3.63) is 58.6 Å². The topological polar surface area (TPSA) is 52.7 Å². The molecule has 140 valence electrons. The van der Waals surface area contributed by atoms with Gasteiger partial charge in [0.05, 0.1) is 11.3 Å². The fraction of sp³-hybridized carbons (Fsp3) is 0.333. The normalized spacial score (nSPS) is 19.2. The first kappa shape index (κ1) is 17.9. The van der Waals surface area contributed by atoms with Crippen LogP contribution in [0.5, 0.6) is 0 Å². The molecule has 2 aliphatic heterocycles. The van der Waals surface area contributed by atoms with Crippen LogP contribution in [-0.2, 0) is 0 Å². The molecule has 6 heteroatoms. The highest BCUT2D eigenvalue weighted by atomic mass is 35.5. The second-order valence-electron chi connectivity index (χ2n) is 7.14. The monoisotopic (exact) mass is 383 g/mol. The van der Waals surface area contributed by atoms with Gasteiger partial charge in [0.15, 0.2) is 0 Å². The van der Waals surface area contributed by atoms with Crippen molar-refractivity contribution in [2.75, 3.05) is 23.8 Å². The van der Waals surface area contributed by atoms with E-state index < -0.39 is 0 Å². The van der Waals surface area contributed by atoms with Crippen molar-refractivity contribution in [3.8, 4) is 0 Å². The van der Waals surface area contributed by atoms with Gasteiger partial charge in [-0.15, -0.1) is 0 Å². The third kappa shape index (κ3) is 3.39. The number of hydrogen-bond donors (Lipinski definition) is 1. The maximum Gasteiger partial charge on any atom is 0.257 e. The summed E-state index contributed by atoms with van der Waals surface area (Å²) in [5.74, 6) is -0.152. The summed E-state index contributed by atoms with van der Waals surface area (Å²) < 4.78 is 0. The Hall–Kier alpha value is -2.53. The van der Waals surface area contributed by atoms with E-state index in [1.165, 1.54) is 0 Å². The first-order valence-corrected chi connectivity index (χ1v) is 9.67. The third-order valence-electron chi connectivity index (χ3n) is 5.38. The Bertz CT molecular complexity index is 899. The molecule has 2 amide bonds. The number of carbonyl (C=O) groups excluding carboxylic acids is 2. The molecule has 1 unspecified atom stereocenters. The zero-order valence-corrected chi connectivity index (χ0v) is 16.0. The van der Waals surface area contributed by atoms with Gasteiger partial charge < -0.3 is 15.1 Å². The van der Waals surface area contributed by atoms with Crippen molar-refractivity contribution >= 4 is 34.8 Å². The van der Waals surface area contributed by atoms with Crippen LogP contribution in [0.15, 0.2) is 42.5 Å². The van der Waals surface area contributed by atoms with E-state index in [1.54, 1.807) is 36.4 Å². The molecule has 1 saturated heterocycles. The van der Waals surface area contributed by atoms with Gasteiger partial charge in [0.1, 0.15) is 6.17 Å². The van der Waals surface area contributed by atoms with E-state index in [2.05, 4.69) is 10.2 Å². The summed E-state index contributed by atoms with van der Waals surface area (Å²) in [5, 5.41) is 3.43. The van der Waals surface area contributed by atoms with Crippen LogP contribution in [-0.4, -0.2) is 36.5 Å². The Morgan fingerprint density at radius 1 is 1.15 bits per heavy atom. The van der Waals surface area contributed by atoms with Crippen LogP contribution in [0.1, 0.15) is 46.4 Å². The van der Waals surface area contributed by atoms with Gasteiger partial charge in [-0.25, -0.2) is 0 Å². The van der Waals surface area contributed by atoms with Crippen molar-refractivity contribution < 1.29 is 9.59 Å². The molecule has 2 aliphatic rings. The summed E-state index contributed by atoms with van der Waals surface area (Å²) in [6.45, 7) is 0.796. The lowest BCUT2D eigenvalue weighted by molar-refractivity contribution is 0.0661. The summed E-state index contributed by atoms with van der Waals surface area (Å²) in [6.07, 6.45) is 4.34. The largest absolute Gasteiger partial charge is 0.354 e. The number of hydrogen-bond acceptors (Lipinski definition) is 3. The van der Waals surface area contributed by atoms with Gasteiger partial charge in [-0.05, 0) is 55.7 Å². The minimum Gasteiger partial charge on any atom is -0.354 e. The number of benzene rings is 2. The van der Waals surface area contributed by atoms with Crippen molar-refractivity contribution in [1.29, 1.82) is 0 Å². The molecule has 0 aliphatic carbocycles. The SMILES string of the molecule is CN1c2cc(C(=O)Nc3cccc(Cl)c3)ccc2C(=O)N2CCCCCC21. The number of halogens is 1. The predicted octanol–water partition coefficient (Wildman–Crippen LogP) is 4.38. The quantitative estimate of drug-likeness (QED) is 0.837. The predicted molar refractivity (Wildman–Crippen MR) is 108 cm³/mol. The number of fused-ring (bicyclic) bond motifs is 2. The highest BCUT2D eigenvalue weighted by Gasteiger charge is 2.36. The Labute approximate surface area is 163 Å². The molecule has 27 heavy (non-hydrogen) atoms. The van der Waals surface area contributed by atoms with Crippen LogP contribution in [0.4, 0.5) is 11.4 Å². The van der Waals surface area contributed by atoms with Crippen LogP contribution in [0.2, 0.25) is 5.02 Å². The number of amides is 2. The van der Waals surface area contributed by atoms with E-state index in [9.17, 15) is 9.59 Å². The third-order valence-corrected chi connectivity index (χ3v) is 5.62. The molecule has 1 fully saturated rings. The van der Waals surface area contributed by atoms with Crippen molar-refractivity contribution in [1.82, 2.24) is 4.90 Å². The van der Waals surface area contributed by atoms with Gasteiger partial charge >= 0.3 is 0 Å². The lowest BCUT2D eigenvalue weighted by Crippen LogP contribution is -2.53. The number of carbonyl (C=O) groups is 2. The number of nitrogens with one attached hydrogen (secondary N) is 1. The fourth-order valence-electron chi connectivity index (χ4n) is 3.96. The van der Waals surface area contributed by atoms with Gasteiger partial charge in [-0.1, -0.05) is 24.1 Å². The van der Waals surface area contributed by atoms with Crippen molar-refractivity contribution in [2.45, 2.75) is 31.8 Å². The van der Waals surface area contributed by atoms with E-state index in [0.717, 1.165) is 37.9 Å². The first-order chi connectivity index (χ1) is 13.0. The summed E-state index contributed by atoms with van der Waals surface area (Å²) in [6, 6.07) is 12.3. The summed E-state index contributed by atoms with van der Waals surface area (Å²) in [5.41, 5.74) is 2.65. The highest BCUT2D eigenvalue weighted by Crippen LogP contribution is 2.34. The van der Waals surface area contributed by atoms with Crippen LogP contribution in [0, 0.1) is 0 Å². The Kier molecular flexibility index (Phi) is 4.79. The molecule has 0 bridgehead atoms. The molecular formula is C21H22ClN3O2. The van der Waals surface area contributed by atoms with E-state index in [0.29, 0.717) is 21.8 Å².